The maximum atomic E-state index is 11.3. The molecule has 1 heterocycles. The Morgan fingerprint density at radius 1 is 1.29 bits per heavy atom. The first-order valence-electron chi connectivity index (χ1n) is 4.95. The van der Waals surface area contributed by atoms with E-state index in [1.807, 2.05) is 6.07 Å². The van der Waals surface area contributed by atoms with Crippen LogP contribution in [0.4, 0.5) is 5.82 Å². The van der Waals surface area contributed by atoms with Gasteiger partial charge in [-0.25, -0.2) is 0 Å². The van der Waals surface area contributed by atoms with Crippen LogP contribution in [0.2, 0.25) is 0 Å². The smallest absolute Gasteiger partial charge is 0.251 e. The molecule has 1 N–H and O–H groups in total. The van der Waals surface area contributed by atoms with Crippen LogP contribution in [0, 0.1) is 5.92 Å². The molecule has 0 aliphatic carbocycles. The lowest BCUT2D eigenvalue weighted by atomic mass is 10.1. The maximum absolute atomic E-state index is 11.3. The van der Waals surface area contributed by atoms with E-state index in [0.29, 0.717) is 12.0 Å². The van der Waals surface area contributed by atoms with Crippen molar-refractivity contribution in [2.75, 3.05) is 5.32 Å². The van der Waals surface area contributed by atoms with Crippen molar-refractivity contribution >= 4 is 5.82 Å². The highest BCUT2D eigenvalue weighted by Crippen LogP contribution is 2.09. The molecule has 14 heavy (non-hydrogen) atoms. The molecule has 0 saturated heterocycles. The first-order chi connectivity index (χ1) is 6.52. The number of anilines is 1. The summed E-state index contributed by atoms with van der Waals surface area (Å²) in [6.45, 7) is 6.42. The number of hydrogen-bond acceptors (Lipinski definition) is 2. The van der Waals surface area contributed by atoms with Crippen molar-refractivity contribution in [3.63, 3.8) is 0 Å². The summed E-state index contributed by atoms with van der Waals surface area (Å²) in [5.41, 5.74) is 0.0194. The standard InChI is InChI=1S/C11H18N2O/c1-8(2)9(3)12-10-6-5-7-11(14)13(10)4/h5-9,12H,1-4H3. The van der Waals surface area contributed by atoms with Gasteiger partial charge in [-0.3, -0.25) is 9.36 Å². The van der Waals surface area contributed by atoms with Crippen LogP contribution in [0.5, 0.6) is 0 Å². The average Bonchev–Trinajstić information content (AvgIpc) is 2.12. The van der Waals surface area contributed by atoms with E-state index in [-0.39, 0.29) is 5.56 Å². The van der Waals surface area contributed by atoms with Crippen LogP contribution in [-0.2, 0) is 7.05 Å². The molecule has 0 saturated carbocycles. The third-order valence-electron chi connectivity index (χ3n) is 2.56. The number of pyridine rings is 1. The van der Waals surface area contributed by atoms with Gasteiger partial charge in [-0.15, -0.1) is 0 Å². The molecule has 1 aromatic rings. The Morgan fingerprint density at radius 2 is 1.93 bits per heavy atom. The Labute approximate surface area is 84.8 Å². The van der Waals surface area contributed by atoms with Crippen molar-refractivity contribution in [2.24, 2.45) is 13.0 Å². The third kappa shape index (κ3) is 2.37. The van der Waals surface area contributed by atoms with Crippen molar-refractivity contribution in [3.05, 3.63) is 28.6 Å². The molecule has 0 aliphatic rings. The van der Waals surface area contributed by atoms with Gasteiger partial charge in [0.15, 0.2) is 0 Å². The fourth-order valence-electron chi connectivity index (χ4n) is 1.11. The number of nitrogens with zero attached hydrogens (tertiary/aromatic N) is 1. The summed E-state index contributed by atoms with van der Waals surface area (Å²) in [5.74, 6) is 1.42. The van der Waals surface area contributed by atoms with Crippen molar-refractivity contribution < 1.29 is 0 Å². The first-order valence-corrected chi connectivity index (χ1v) is 4.95. The summed E-state index contributed by atoms with van der Waals surface area (Å²) in [5, 5.41) is 3.31. The van der Waals surface area contributed by atoms with Crippen LogP contribution in [0.1, 0.15) is 20.8 Å². The zero-order valence-electron chi connectivity index (χ0n) is 9.24. The van der Waals surface area contributed by atoms with Gasteiger partial charge in [-0.1, -0.05) is 19.9 Å². The van der Waals surface area contributed by atoms with E-state index in [9.17, 15) is 4.79 Å². The molecule has 1 unspecified atom stereocenters. The Bertz CT molecular complexity index is 355. The largest absolute Gasteiger partial charge is 0.369 e. The molecule has 3 heteroatoms. The van der Waals surface area contributed by atoms with Crippen LogP contribution >= 0.6 is 0 Å². The Hall–Kier alpha value is -1.25. The summed E-state index contributed by atoms with van der Waals surface area (Å²) in [6, 6.07) is 5.62. The number of aromatic nitrogens is 1. The summed E-state index contributed by atoms with van der Waals surface area (Å²) < 4.78 is 1.62. The van der Waals surface area contributed by atoms with Gasteiger partial charge in [0.05, 0.1) is 0 Å². The van der Waals surface area contributed by atoms with Crippen LogP contribution < -0.4 is 10.9 Å². The predicted octanol–water partition coefficient (Wildman–Crippen LogP) is 1.84. The highest BCUT2D eigenvalue weighted by atomic mass is 16.1. The van der Waals surface area contributed by atoms with Crippen molar-refractivity contribution in [3.8, 4) is 0 Å². The molecule has 0 aliphatic heterocycles. The number of nitrogens with one attached hydrogen (secondary N) is 1. The summed E-state index contributed by atoms with van der Waals surface area (Å²) in [7, 11) is 1.78. The molecule has 0 radical (unpaired) electrons. The lowest BCUT2D eigenvalue weighted by Crippen LogP contribution is -2.26. The minimum Gasteiger partial charge on any atom is -0.369 e. The highest BCUT2D eigenvalue weighted by molar-refractivity contribution is 5.36. The van der Waals surface area contributed by atoms with Crippen LogP contribution in [-0.4, -0.2) is 10.6 Å². The normalized spacial score (nSPS) is 12.9. The fourth-order valence-corrected chi connectivity index (χ4v) is 1.11. The minimum absolute atomic E-state index is 0.0194. The van der Waals surface area contributed by atoms with E-state index in [1.54, 1.807) is 23.7 Å². The van der Waals surface area contributed by atoms with Crippen LogP contribution in [0.25, 0.3) is 0 Å². The first kappa shape index (κ1) is 10.8. The Kier molecular flexibility index (Phi) is 3.33. The lowest BCUT2D eigenvalue weighted by molar-refractivity contribution is 0.555. The summed E-state index contributed by atoms with van der Waals surface area (Å²) >= 11 is 0. The van der Waals surface area contributed by atoms with Gasteiger partial charge in [0, 0.05) is 19.2 Å². The molecule has 0 aromatic carbocycles. The van der Waals surface area contributed by atoms with Gasteiger partial charge < -0.3 is 5.32 Å². The molecule has 0 amide bonds. The summed E-state index contributed by atoms with van der Waals surface area (Å²) in [4.78, 5) is 11.3. The van der Waals surface area contributed by atoms with E-state index >= 15 is 0 Å². The maximum Gasteiger partial charge on any atom is 0.251 e. The van der Waals surface area contributed by atoms with E-state index < -0.39 is 0 Å². The lowest BCUT2D eigenvalue weighted by Gasteiger charge is -2.20. The molecule has 1 atom stereocenters. The quantitative estimate of drug-likeness (QED) is 0.796. The Morgan fingerprint density at radius 3 is 2.50 bits per heavy atom. The number of rotatable bonds is 3. The molecule has 1 aromatic heterocycles. The third-order valence-corrected chi connectivity index (χ3v) is 2.56. The second-order valence-corrected chi connectivity index (χ2v) is 3.99. The zero-order chi connectivity index (χ0) is 10.7. The predicted molar refractivity (Wildman–Crippen MR) is 59.6 cm³/mol. The second-order valence-electron chi connectivity index (χ2n) is 3.99. The SMILES string of the molecule is CC(C)C(C)Nc1cccc(=O)n1C. The van der Waals surface area contributed by atoms with Gasteiger partial charge in [0.25, 0.3) is 5.56 Å². The van der Waals surface area contributed by atoms with Gasteiger partial charge in [-0.05, 0) is 18.9 Å². The van der Waals surface area contributed by atoms with E-state index in [1.165, 1.54) is 0 Å². The molecular weight excluding hydrogens is 176 g/mol. The van der Waals surface area contributed by atoms with Crippen LogP contribution in [0.3, 0.4) is 0 Å². The van der Waals surface area contributed by atoms with Crippen molar-refractivity contribution in [1.29, 1.82) is 0 Å². The van der Waals surface area contributed by atoms with Gasteiger partial charge in [0.2, 0.25) is 0 Å². The molecule has 0 fully saturated rings. The molecular formula is C11H18N2O. The fraction of sp³-hybridized carbons (Fsp3) is 0.545. The van der Waals surface area contributed by atoms with Crippen LogP contribution in [0.15, 0.2) is 23.0 Å². The van der Waals surface area contributed by atoms with Crippen molar-refractivity contribution in [1.82, 2.24) is 4.57 Å². The molecule has 3 nitrogen and oxygen atoms in total. The summed E-state index contributed by atoms with van der Waals surface area (Å²) in [6.07, 6.45) is 0. The minimum atomic E-state index is 0.0194. The Balaban J connectivity index is 2.87. The monoisotopic (exact) mass is 194 g/mol. The second kappa shape index (κ2) is 4.31. The van der Waals surface area contributed by atoms with E-state index in [0.717, 1.165) is 5.82 Å². The van der Waals surface area contributed by atoms with Gasteiger partial charge in [-0.2, -0.15) is 0 Å². The molecule has 1 rings (SSSR count). The van der Waals surface area contributed by atoms with Gasteiger partial charge in [0.1, 0.15) is 5.82 Å². The van der Waals surface area contributed by atoms with E-state index in [2.05, 4.69) is 26.1 Å². The van der Waals surface area contributed by atoms with Crippen molar-refractivity contribution in [2.45, 2.75) is 26.8 Å². The molecule has 78 valence electrons. The number of hydrogen-bond donors (Lipinski definition) is 1. The topological polar surface area (TPSA) is 34.0 Å². The highest BCUT2D eigenvalue weighted by Gasteiger charge is 2.07. The van der Waals surface area contributed by atoms with Gasteiger partial charge >= 0.3 is 0 Å². The molecule has 0 spiro atoms. The van der Waals surface area contributed by atoms with E-state index in [4.69, 9.17) is 0 Å². The molecule has 0 bridgehead atoms. The zero-order valence-corrected chi connectivity index (χ0v) is 9.24. The average molecular weight is 194 g/mol.